The molecule has 1 saturated carbocycles. The minimum atomic E-state index is 0.152. The second-order valence-electron chi connectivity index (χ2n) is 5.06. The van der Waals surface area contributed by atoms with Crippen molar-refractivity contribution in [1.82, 2.24) is 0 Å². The Labute approximate surface area is 87.2 Å². The highest BCUT2D eigenvalue weighted by Gasteiger charge is 2.33. The Bertz CT molecular complexity index is 192. The van der Waals surface area contributed by atoms with Crippen LogP contribution >= 0.6 is 0 Å². The number of carbonyl (C=O) groups excluding carboxylic acids is 1. The van der Waals surface area contributed by atoms with Crippen molar-refractivity contribution in [3.05, 3.63) is 0 Å². The summed E-state index contributed by atoms with van der Waals surface area (Å²) < 4.78 is 0. The summed E-state index contributed by atoms with van der Waals surface area (Å²) in [4.78, 5) is 11.7. The second-order valence-corrected chi connectivity index (χ2v) is 5.06. The van der Waals surface area contributed by atoms with Crippen molar-refractivity contribution >= 4 is 5.78 Å². The number of hydrogen-bond acceptors (Lipinski definition) is 2. The first kappa shape index (κ1) is 11.7. The smallest absolute Gasteiger partial charge is 0.136 e. The van der Waals surface area contributed by atoms with Crippen LogP contribution in [0.2, 0.25) is 0 Å². The number of ketones is 1. The van der Waals surface area contributed by atoms with Gasteiger partial charge in [0, 0.05) is 12.3 Å². The zero-order valence-corrected chi connectivity index (χ0v) is 9.51. The topological polar surface area (TPSA) is 43.1 Å². The maximum absolute atomic E-state index is 11.7. The van der Waals surface area contributed by atoms with Crippen molar-refractivity contribution in [2.75, 3.05) is 6.54 Å². The van der Waals surface area contributed by atoms with E-state index in [-0.39, 0.29) is 11.3 Å². The normalized spacial score (nSPS) is 21.1. The van der Waals surface area contributed by atoms with E-state index < -0.39 is 0 Å². The largest absolute Gasteiger partial charge is 0.330 e. The van der Waals surface area contributed by atoms with Crippen LogP contribution < -0.4 is 5.73 Å². The highest BCUT2D eigenvalue weighted by Crippen LogP contribution is 2.39. The summed E-state index contributed by atoms with van der Waals surface area (Å²) in [5.41, 5.74) is 5.99. The lowest BCUT2D eigenvalue weighted by Crippen LogP contribution is -2.35. The first-order chi connectivity index (χ1) is 6.59. The third-order valence-electron chi connectivity index (χ3n) is 3.54. The lowest BCUT2D eigenvalue weighted by molar-refractivity contribution is -0.124. The van der Waals surface area contributed by atoms with Crippen LogP contribution in [0.15, 0.2) is 0 Å². The molecule has 0 aromatic heterocycles. The molecule has 0 spiro atoms. The fourth-order valence-electron chi connectivity index (χ4n) is 2.33. The molecule has 1 aliphatic rings. The Morgan fingerprint density at radius 2 is 1.86 bits per heavy atom. The fraction of sp³-hybridized carbons (Fsp3) is 0.917. The van der Waals surface area contributed by atoms with Crippen LogP contribution in [0.4, 0.5) is 0 Å². The third kappa shape index (κ3) is 2.81. The zero-order valence-electron chi connectivity index (χ0n) is 9.51. The molecular formula is C12H23NO. The monoisotopic (exact) mass is 197 g/mol. The van der Waals surface area contributed by atoms with Crippen LogP contribution in [0.1, 0.15) is 52.4 Å². The van der Waals surface area contributed by atoms with Crippen LogP contribution in [0.5, 0.6) is 0 Å². The van der Waals surface area contributed by atoms with Gasteiger partial charge in [0.2, 0.25) is 0 Å². The van der Waals surface area contributed by atoms with Gasteiger partial charge in [-0.15, -0.1) is 0 Å². The van der Waals surface area contributed by atoms with Crippen molar-refractivity contribution in [2.24, 2.45) is 17.1 Å². The highest BCUT2D eigenvalue weighted by molar-refractivity contribution is 5.81. The molecule has 1 rings (SSSR count). The number of carbonyl (C=O) groups is 1. The predicted molar refractivity (Wildman–Crippen MR) is 59.0 cm³/mol. The molecule has 0 aromatic rings. The molecular weight excluding hydrogens is 174 g/mol. The van der Waals surface area contributed by atoms with E-state index in [0.29, 0.717) is 18.7 Å². The van der Waals surface area contributed by atoms with Crippen LogP contribution in [-0.4, -0.2) is 12.3 Å². The SMILES string of the molecule is CC(C)C(=O)CC1(CN)CCCCC1. The Balaban J connectivity index is 2.56. The summed E-state index contributed by atoms with van der Waals surface area (Å²) in [5.74, 6) is 0.553. The molecule has 0 saturated heterocycles. The Kier molecular flexibility index (Phi) is 4.11. The van der Waals surface area contributed by atoms with Crippen molar-refractivity contribution in [3.8, 4) is 0 Å². The van der Waals surface area contributed by atoms with Gasteiger partial charge in [0.1, 0.15) is 5.78 Å². The van der Waals surface area contributed by atoms with Crippen molar-refractivity contribution in [1.29, 1.82) is 0 Å². The first-order valence-electron chi connectivity index (χ1n) is 5.82. The average Bonchev–Trinajstić information content (AvgIpc) is 2.19. The van der Waals surface area contributed by atoms with Crippen LogP contribution in [0.3, 0.4) is 0 Å². The quantitative estimate of drug-likeness (QED) is 0.752. The Morgan fingerprint density at radius 3 is 2.29 bits per heavy atom. The molecule has 0 heterocycles. The molecule has 0 unspecified atom stereocenters. The van der Waals surface area contributed by atoms with E-state index in [1.807, 2.05) is 13.8 Å². The second kappa shape index (κ2) is 4.92. The van der Waals surface area contributed by atoms with Crippen molar-refractivity contribution < 1.29 is 4.79 Å². The van der Waals surface area contributed by atoms with Crippen LogP contribution in [-0.2, 0) is 4.79 Å². The molecule has 0 atom stereocenters. The van der Waals surface area contributed by atoms with Gasteiger partial charge in [-0.2, -0.15) is 0 Å². The molecule has 0 bridgehead atoms. The minimum absolute atomic E-state index is 0.152. The third-order valence-corrected chi connectivity index (χ3v) is 3.54. The van der Waals surface area contributed by atoms with Gasteiger partial charge < -0.3 is 5.73 Å². The van der Waals surface area contributed by atoms with Gasteiger partial charge in [0.15, 0.2) is 0 Å². The molecule has 1 aliphatic carbocycles. The molecule has 0 aromatic carbocycles. The molecule has 82 valence electrons. The maximum atomic E-state index is 11.7. The van der Waals surface area contributed by atoms with E-state index >= 15 is 0 Å². The standard InChI is InChI=1S/C12H23NO/c1-10(2)11(14)8-12(9-13)6-4-3-5-7-12/h10H,3-9,13H2,1-2H3. The average molecular weight is 197 g/mol. The first-order valence-corrected chi connectivity index (χ1v) is 5.82. The molecule has 0 amide bonds. The van der Waals surface area contributed by atoms with E-state index in [2.05, 4.69) is 0 Å². The van der Waals surface area contributed by atoms with Gasteiger partial charge >= 0.3 is 0 Å². The summed E-state index contributed by atoms with van der Waals surface area (Å²) >= 11 is 0. The fourth-order valence-corrected chi connectivity index (χ4v) is 2.33. The number of nitrogens with two attached hydrogens (primary N) is 1. The van der Waals surface area contributed by atoms with Gasteiger partial charge in [-0.1, -0.05) is 33.1 Å². The van der Waals surface area contributed by atoms with Crippen molar-refractivity contribution in [2.45, 2.75) is 52.4 Å². The molecule has 0 radical (unpaired) electrons. The van der Waals surface area contributed by atoms with E-state index in [0.717, 1.165) is 12.8 Å². The maximum Gasteiger partial charge on any atom is 0.136 e. The van der Waals surface area contributed by atoms with Crippen molar-refractivity contribution in [3.63, 3.8) is 0 Å². The van der Waals surface area contributed by atoms with E-state index in [9.17, 15) is 4.79 Å². The molecule has 2 heteroatoms. The zero-order chi connectivity index (χ0) is 10.6. The summed E-state index contributed by atoms with van der Waals surface area (Å²) in [7, 11) is 0. The predicted octanol–water partition coefficient (Wildman–Crippen LogP) is 2.51. The van der Waals surface area contributed by atoms with E-state index in [1.165, 1.54) is 19.3 Å². The number of hydrogen-bond donors (Lipinski definition) is 1. The molecule has 2 N–H and O–H groups in total. The van der Waals surface area contributed by atoms with Gasteiger partial charge in [-0.25, -0.2) is 0 Å². The minimum Gasteiger partial charge on any atom is -0.330 e. The molecule has 14 heavy (non-hydrogen) atoms. The summed E-state index contributed by atoms with van der Waals surface area (Å²) in [6.07, 6.45) is 6.84. The number of rotatable bonds is 4. The molecule has 0 aliphatic heterocycles. The van der Waals surface area contributed by atoms with Gasteiger partial charge in [0.05, 0.1) is 0 Å². The lowest BCUT2D eigenvalue weighted by Gasteiger charge is -2.36. The van der Waals surface area contributed by atoms with Gasteiger partial charge in [0.25, 0.3) is 0 Å². The number of Topliss-reactive ketones (excluding diaryl/α,β-unsaturated/α-hetero) is 1. The Hall–Kier alpha value is -0.370. The Morgan fingerprint density at radius 1 is 1.29 bits per heavy atom. The summed E-state index contributed by atoms with van der Waals surface area (Å²) in [6.45, 7) is 4.65. The highest BCUT2D eigenvalue weighted by atomic mass is 16.1. The summed E-state index contributed by atoms with van der Waals surface area (Å²) in [5, 5.41) is 0. The van der Waals surface area contributed by atoms with Gasteiger partial charge in [-0.05, 0) is 24.8 Å². The van der Waals surface area contributed by atoms with Crippen LogP contribution in [0, 0.1) is 11.3 Å². The molecule has 2 nitrogen and oxygen atoms in total. The van der Waals surface area contributed by atoms with Crippen LogP contribution in [0.25, 0.3) is 0 Å². The van der Waals surface area contributed by atoms with E-state index in [4.69, 9.17) is 5.73 Å². The van der Waals surface area contributed by atoms with E-state index in [1.54, 1.807) is 0 Å². The van der Waals surface area contributed by atoms with Gasteiger partial charge in [-0.3, -0.25) is 4.79 Å². The summed E-state index contributed by atoms with van der Waals surface area (Å²) in [6, 6.07) is 0. The molecule has 1 fully saturated rings. The lowest BCUT2D eigenvalue weighted by atomic mass is 9.70.